The zero-order chi connectivity index (χ0) is 28.4. The van der Waals surface area contributed by atoms with E-state index in [1.54, 1.807) is 16.6 Å². The lowest BCUT2D eigenvalue weighted by atomic mass is 9.90. The van der Waals surface area contributed by atoms with E-state index >= 15 is 0 Å². The zero-order valence-corrected chi connectivity index (χ0v) is 24.2. The van der Waals surface area contributed by atoms with E-state index in [1.807, 2.05) is 94.4 Å². The maximum absolute atomic E-state index is 14.2. The summed E-state index contributed by atoms with van der Waals surface area (Å²) >= 11 is 1.31. The van der Waals surface area contributed by atoms with Gasteiger partial charge in [0.1, 0.15) is 17.5 Å². The minimum Gasteiger partial charge on any atom is -0.496 e. The van der Waals surface area contributed by atoms with Crippen molar-refractivity contribution < 1.29 is 14.3 Å². The zero-order valence-electron chi connectivity index (χ0n) is 23.4. The number of likely N-dealkylation sites (N-methyl/N-ethyl adjacent to an activating group) is 1. The Balaban J connectivity index is 1.85. The monoisotopic (exact) mass is 555 g/mol. The van der Waals surface area contributed by atoms with Gasteiger partial charge in [0.2, 0.25) is 0 Å². The van der Waals surface area contributed by atoms with Crippen LogP contribution in [0.1, 0.15) is 44.9 Å². The first kappa shape index (κ1) is 27.4. The average molecular weight is 556 g/mol. The van der Waals surface area contributed by atoms with E-state index in [4.69, 9.17) is 14.5 Å². The molecule has 1 aromatic heterocycles. The Morgan fingerprint density at radius 2 is 1.75 bits per heavy atom. The molecule has 0 N–H and O–H groups in total. The van der Waals surface area contributed by atoms with Gasteiger partial charge in [-0.25, -0.2) is 4.99 Å². The highest BCUT2D eigenvalue weighted by Gasteiger charge is 2.36. The highest BCUT2D eigenvalue weighted by Crippen LogP contribution is 2.40. The van der Waals surface area contributed by atoms with Crippen LogP contribution in [0.3, 0.4) is 0 Å². The molecule has 1 aliphatic heterocycles. The van der Waals surface area contributed by atoms with Crippen molar-refractivity contribution in [3.63, 3.8) is 0 Å². The summed E-state index contributed by atoms with van der Waals surface area (Å²) in [7, 11) is 1.62. The highest BCUT2D eigenvalue weighted by molar-refractivity contribution is 7.07. The van der Waals surface area contributed by atoms with E-state index in [0.29, 0.717) is 51.8 Å². The summed E-state index contributed by atoms with van der Waals surface area (Å²) in [5.41, 5.74) is 2.44. The number of carbonyl (C=O) groups excluding carboxylic acids is 1. The number of hydrogen-bond donors (Lipinski definition) is 0. The second kappa shape index (κ2) is 11.5. The molecule has 5 rings (SSSR count). The number of nitrogens with zero attached hydrogens (tertiary/aromatic N) is 3. The maximum atomic E-state index is 14.2. The van der Waals surface area contributed by atoms with E-state index in [0.717, 1.165) is 21.9 Å². The summed E-state index contributed by atoms with van der Waals surface area (Å²) in [6, 6.07) is 18.8. The minimum absolute atomic E-state index is 0.137. The number of carbonyl (C=O) groups is 1. The number of rotatable bonds is 8. The van der Waals surface area contributed by atoms with E-state index in [-0.39, 0.29) is 11.5 Å². The average Bonchev–Trinajstić information content (AvgIpc) is 3.27. The van der Waals surface area contributed by atoms with Crippen LogP contribution in [0.15, 0.2) is 81.7 Å². The standard InChI is InChI=1S/C32H33N3O4S/c1-6-34(7-2)31(37)27-20(4)33-32-35(29(27)28-23-15-11-9-13-21(23)17-18-25(28)38-5)30(36)26(40-32)19-22-14-10-12-16-24(22)39-8-3/h9-19,29H,6-8H2,1-5H3/b26-19+/t29-/m0/s1. The molecule has 0 radical (unpaired) electrons. The quantitative estimate of drug-likeness (QED) is 0.317. The molecule has 1 atom stereocenters. The number of thiazole rings is 1. The van der Waals surface area contributed by atoms with Crippen LogP contribution in [0.5, 0.6) is 11.5 Å². The number of allylic oxidation sites excluding steroid dienone is 1. The molecule has 206 valence electrons. The van der Waals surface area contributed by atoms with Crippen LogP contribution in [-0.2, 0) is 4.79 Å². The molecule has 1 aliphatic rings. The maximum Gasteiger partial charge on any atom is 0.271 e. The fourth-order valence-corrected chi connectivity index (χ4v) is 6.35. The van der Waals surface area contributed by atoms with Gasteiger partial charge in [0.25, 0.3) is 11.5 Å². The second-order valence-corrected chi connectivity index (χ2v) is 10.4. The topological polar surface area (TPSA) is 73.1 Å². The normalized spacial score (nSPS) is 15.1. The first-order valence-electron chi connectivity index (χ1n) is 13.5. The second-order valence-electron chi connectivity index (χ2n) is 9.43. The van der Waals surface area contributed by atoms with Crippen LogP contribution in [0.4, 0.5) is 0 Å². The van der Waals surface area contributed by atoms with Gasteiger partial charge in [0.05, 0.1) is 29.5 Å². The molecule has 7 nitrogen and oxygen atoms in total. The van der Waals surface area contributed by atoms with Crippen molar-refractivity contribution in [2.75, 3.05) is 26.8 Å². The van der Waals surface area contributed by atoms with E-state index in [2.05, 4.69) is 0 Å². The van der Waals surface area contributed by atoms with Crippen LogP contribution in [0, 0.1) is 0 Å². The third-order valence-electron chi connectivity index (χ3n) is 7.23. The van der Waals surface area contributed by atoms with Gasteiger partial charge in [-0.1, -0.05) is 59.9 Å². The van der Waals surface area contributed by atoms with Gasteiger partial charge >= 0.3 is 0 Å². The first-order valence-corrected chi connectivity index (χ1v) is 14.3. The molecule has 0 saturated carbocycles. The SMILES string of the molecule is CCOc1ccccc1/C=c1/sc2n(c1=O)[C@H](c1c(OC)ccc3ccccc13)C(C(=O)N(CC)CC)=C(C)N=2. The Hall–Kier alpha value is -4.17. The summed E-state index contributed by atoms with van der Waals surface area (Å²) in [5, 5.41) is 1.91. The van der Waals surface area contributed by atoms with Crippen molar-refractivity contribution in [2.45, 2.75) is 33.7 Å². The van der Waals surface area contributed by atoms with Crippen molar-refractivity contribution in [3.05, 3.63) is 103 Å². The van der Waals surface area contributed by atoms with Crippen molar-refractivity contribution >= 4 is 34.1 Å². The molecule has 8 heteroatoms. The Bertz CT molecular complexity index is 1800. The van der Waals surface area contributed by atoms with Gasteiger partial charge < -0.3 is 14.4 Å². The van der Waals surface area contributed by atoms with Crippen LogP contribution in [0.2, 0.25) is 0 Å². The van der Waals surface area contributed by atoms with Crippen molar-refractivity contribution in [3.8, 4) is 11.5 Å². The molecule has 0 unspecified atom stereocenters. The van der Waals surface area contributed by atoms with Crippen LogP contribution < -0.4 is 24.4 Å². The number of ether oxygens (including phenoxy) is 2. The highest BCUT2D eigenvalue weighted by atomic mass is 32.1. The van der Waals surface area contributed by atoms with Gasteiger partial charge in [-0.2, -0.15) is 0 Å². The molecule has 0 aliphatic carbocycles. The third kappa shape index (κ3) is 4.73. The molecular formula is C32H33N3O4S. The van der Waals surface area contributed by atoms with Gasteiger partial charge in [-0.3, -0.25) is 14.2 Å². The third-order valence-corrected chi connectivity index (χ3v) is 8.22. The van der Waals surface area contributed by atoms with Crippen LogP contribution in [-0.4, -0.2) is 42.2 Å². The lowest BCUT2D eigenvalue weighted by Crippen LogP contribution is -2.43. The Kier molecular flexibility index (Phi) is 7.89. The van der Waals surface area contributed by atoms with Crippen molar-refractivity contribution in [1.29, 1.82) is 0 Å². The minimum atomic E-state index is -0.713. The van der Waals surface area contributed by atoms with E-state index < -0.39 is 6.04 Å². The molecule has 3 aromatic carbocycles. The number of fused-ring (bicyclic) bond motifs is 2. The Morgan fingerprint density at radius 1 is 1.02 bits per heavy atom. The number of aromatic nitrogens is 1. The fraction of sp³-hybridized carbons (Fsp3) is 0.281. The molecule has 0 saturated heterocycles. The van der Waals surface area contributed by atoms with Crippen molar-refractivity contribution in [2.24, 2.45) is 4.99 Å². The molecule has 0 spiro atoms. The Morgan fingerprint density at radius 3 is 2.48 bits per heavy atom. The number of benzene rings is 3. The van der Waals surface area contributed by atoms with Crippen LogP contribution >= 0.6 is 11.3 Å². The van der Waals surface area contributed by atoms with Gasteiger partial charge in [0.15, 0.2) is 4.80 Å². The predicted octanol–water partition coefficient (Wildman–Crippen LogP) is 4.66. The molecule has 0 fully saturated rings. The number of amides is 1. The summed E-state index contributed by atoms with van der Waals surface area (Å²) in [5.74, 6) is 1.18. The van der Waals surface area contributed by atoms with Crippen molar-refractivity contribution in [1.82, 2.24) is 9.47 Å². The molecule has 2 heterocycles. The molecule has 0 bridgehead atoms. The predicted molar refractivity (Wildman–Crippen MR) is 160 cm³/mol. The number of hydrogen-bond acceptors (Lipinski definition) is 6. The Labute approximate surface area is 237 Å². The van der Waals surface area contributed by atoms with Crippen LogP contribution in [0.25, 0.3) is 16.8 Å². The molecule has 4 aromatic rings. The molecular weight excluding hydrogens is 522 g/mol. The summed E-state index contributed by atoms with van der Waals surface area (Å²) < 4.78 is 13.8. The number of para-hydroxylation sites is 1. The largest absolute Gasteiger partial charge is 0.496 e. The summed E-state index contributed by atoms with van der Waals surface area (Å²) in [6.45, 7) is 9.30. The van der Waals surface area contributed by atoms with Gasteiger partial charge in [-0.15, -0.1) is 0 Å². The molecule has 1 amide bonds. The van der Waals surface area contributed by atoms with Gasteiger partial charge in [0, 0.05) is 24.2 Å². The number of methoxy groups -OCH3 is 1. The molecule has 40 heavy (non-hydrogen) atoms. The summed E-state index contributed by atoms with van der Waals surface area (Å²) in [6.07, 6.45) is 1.84. The smallest absolute Gasteiger partial charge is 0.271 e. The van der Waals surface area contributed by atoms with E-state index in [9.17, 15) is 9.59 Å². The lowest BCUT2D eigenvalue weighted by Gasteiger charge is -2.30. The first-order chi connectivity index (χ1) is 19.4. The lowest BCUT2D eigenvalue weighted by molar-refractivity contribution is -0.127. The van der Waals surface area contributed by atoms with E-state index in [1.165, 1.54) is 11.3 Å². The fourth-order valence-electron chi connectivity index (χ4n) is 5.31. The summed E-state index contributed by atoms with van der Waals surface area (Å²) in [4.78, 5) is 35.4. The van der Waals surface area contributed by atoms with Gasteiger partial charge in [-0.05, 0) is 56.7 Å².